The number of rotatable bonds is 6. The average molecular weight is 325 g/mol. The van der Waals surface area contributed by atoms with Crippen LogP contribution in [-0.2, 0) is 16.1 Å². The van der Waals surface area contributed by atoms with E-state index in [1.165, 1.54) is 0 Å². The summed E-state index contributed by atoms with van der Waals surface area (Å²) in [6.07, 6.45) is 0. The maximum atomic E-state index is 11.9. The van der Waals surface area contributed by atoms with Crippen LogP contribution in [0.15, 0.2) is 48.5 Å². The molecule has 0 fully saturated rings. The summed E-state index contributed by atoms with van der Waals surface area (Å²) in [6, 6.07) is 15.1. The van der Waals surface area contributed by atoms with Crippen molar-refractivity contribution in [1.82, 2.24) is 5.32 Å². The first-order valence-electron chi connectivity index (χ1n) is 8.05. The number of esters is 1. The van der Waals surface area contributed by atoms with Crippen LogP contribution in [0.5, 0.6) is 0 Å². The number of nitrogens with one attached hydrogen (secondary N) is 1. The average Bonchev–Trinajstić information content (AvgIpc) is 2.58. The van der Waals surface area contributed by atoms with Gasteiger partial charge in [0.25, 0.3) is 5.91 Å². The first-order valence-corrected chi connectivity index (χ1v) is 8.05. The molecule has 4 nitrogen and oxygen atoms in total. The molecule has 0 saturated carbocycles. The summed E-state index contributed by atoms with van der Waals surface area (Å²) >= 11 is 0. The van der Waals surface area contributed by atoms with Crippen molar-refractivity contribution >= 4 is 11.9 Å². The Morgan fingerprint density at radius 2 is 1.79 bits per heavy atom. The second-order valence-corrected chi connectivity index (χ2v) is 6.12. The lowest BCUT2D eigenvalue weighted by Crippen LogP contribution is -2.28. The van der Waals surface area contributed by atoms with Crippen LogP contribution in [-0.4, -0.2) is 18.5 Å². The van der Waals surface area contributed by atoms with E-state index in [1.54, 1.807) is 12.1 Å². The minimum Gasteiger partial charge on any atom is -0.452 e. The first-order chi connectivity index (χ1) is 11.5. The second-order valence-electron chi connectivity index (χ2n) is 6.12. The molecule has 0 aromatic heterocycles. The molecular weight excluding hydrogens is 302 g/mol. The summed E-state index contributed by atoms with van der Waals surface area (Å²) in [7, 11) is 0. The highest BCUT2D eigenvalue weighted by Crippen LogP contribution is 2.15. The molecule has 2 rings (SSSR count). The Hall–Kier alpha value is -2.62. The zero-order chi connectivity index (χ0) is 17.5. The van der Waals surface area contributed by atoms with Gasteiger partial charge in [-0.25, -0.2) is 4.79 Å². The normalized spacial score (nSPS) is 10.5. The molecule has 2 aromatic carbocycles. The molecular formula is C20H23NO3. The lowest BCUT2D eigenvalue weighted by atomic mass is 10.0. The maximum Gasteiger partial charge on any atom is 0.338 e. The van der Waals surface area contributed by atoms with Gasteiger partial charge in [-0.3, -0.25) is 4.79 Å². The SMILES string of the molecule is Cc1cccc(CNC(=O)COC(=O)c2ccc(C(C)C)cc2)c1. The van der Waals surface area contributed by atoms with Crippen molar-refractivity contribution in [2.45, 2.75) is 33.2 Å². The topological polar surface area (TPSA) is 55.4 Å². The fourth-order valence-electron chi connectivity index (χ4n) is 2.29. The van der Waals surface area contributed by atoms with Crippen molar-refractivity contribution < 1.29 is 14.3 Å². The largest absolute Gasteiger partial charge is 0.452 e. The Balaban J connectivity index is 1.79. The van der Waals surface area contributed by atoms with E-state index in [2.05, 4.69) is 19.2 Å². The summed E-state index contributed by atoms with van der Waals surface area (Å²) in [5.74, 6) is -0.401. The van der Waals surface area contributed by atoms with E-state index in [0.29, 0.717) is 18.0 Å². The van der Waals surface area contributed by atoms with Gasteiger partial charge in [0.1, 0.15) is 0 Å². The zero-order valence-electron chi connectivity index (χ0n) is 14.3. The minimum atomic E-state index is -0.490. The standard InChI is InChI=1S/C20H23NO3/c1-14(2)17-7-9-18(10-8-17)20(23)24-13-19(22)21-12-16-6-4-5-15(3)11-16/h4-11,14H,12-13H2,1-3H3,(H,21,22). The zero-order valence-corrected chi connectivity index (χ0v) is 14.3. The van der Waals surface area contributed by atoms with Crippen LogP contribution < -0.4 is 5.32 Å². The molecule has 0 saturated heterocycles. The fraction of sp³-hybridized carbons (Fsp3) is 0.300. The number of benzene rings is 2. The van der Waals surface area contributed by atoms with E-state index in [-0.39, 0.29) is 12.5 Å². The van der Waals surface area contributed by atoms with Gasteiger partial charge in [0.2, 0.25) is 0 Å². The molecule has 24 heavy (non-hydrogen) atoms. The highest BCUT2D eigenvalue weighted by atomic mass is 16.5. The maximum absolute atomic E-state index is 11.9. The van der Waals surface area contributed by atoms with E-state index in [9.17, 15) is 9.59 Å². The number of carbonyl (C=O) groups is 2. The summed E-state index contributed by atoms with van der Waals surface area (Å²) in [5, 5.41) is 2.74. The summed E-state index contributed by atoms with van der Waals surface area (Å²) in [5.41, 5.74) is 3.75. The molecule has 0 aliphatic rings. The Labute approximate surface area is 142 Å². The number of amides is 1. The van der Waals surface area contributed by atoms with Crippen LogP contribution in [0.4, 0.5) is 0 Å². The molecule has 0 radical (unpaired) electrons. The van der Waals surface area contributed by atoms with Crippen LogP contribution in [0.2, 0.25) is 0 Å². The van der Waals surface area contributed by atoms with Gasteiger partial charge in [0.15, 0.2) is 6.61 Å². The van der Waals surface area contributed by atoms with Crippen LogP contribution in [0.1, 0.15) is 46.8 Å². The molecule has 1 amide bonds. The quantitative estimate of drug-likeness (QED) is 0.826. The van der Waals surface area contributed by atoms with Crippen molar-refractivity contribution in [2.75, 3.05) is 6.61 Å². The molecule has 0 aliphatic heterocycles. The molecule has 0 heterocycles. The van der Waals surface area contributed by atoms with Crippen molar-refractivity contribution in [3.8, 4) is 0 Å². The Morgan fingerprint density at radius 1 is 1.08 bits per heavy atom. The number of hydrogen-bond acceptors (Lipinski definition) is 3. The Morgan fingerprint density at radius 3 is 2.42 bits per heavy atom. The van der Waals surface area contributed by atoms with Crippen LogP contribution in [0.3, 0.4) is 0 Å². The summed E-state index contributed by atoms with van der Waals surface area (Å²) in [4.78, 5) is 23.7. The first kappa shape index (κ1) is 17.7. The third kappa shape index (κ3) is 5.23. The minimum absolute atomic E-state index is 0.281. The lowest BCUT2D eigenvalue weighted by molar-refractivity contribution is -0.124. The van der Waals surface area contributed by atoms with Crippen molar-refractivity contribution in [1.29, 1.82) is 0 Å². The van der Waals surface area contributed by atoms with Crippen LogP contribution in [0.25, 0.3) is 0 Å². The summed E-state index contributed by atoms with van der Waals surface area (Å²) in [6.45, 7) is 6.31. The van der Waals surface area contributed by atoms with Crippen LogP contribution in [0, 0.1) is 6.92 Å². The molecule has 0 bridgehead atoms. The second kappa shape index (κ2) is 8.29. The van der Waals surface area contributed by atoms with Gasteiger partial charge in [-0.2, -0.15) is 0 Å². The Bertz CT molecular complexity index is 705. The molecule has 0 atom stereocenters. The van der Waals surface area contributed by atoms with Gasteiger partial charge in [0, 0.05) is 6.54 Å². The summed E-state index contributed by atoms with van der Waals surface area (Å²) < 4.78 is 5.05. The predicted molar refractivity (Wildman–Crippen MR) is 93.8 cm³/mol. The molecule has 0 aliphatic carbocycles. The molecule has 4 heteroatoms. The van der Waals surface area contributed by atoms with E-state index in [4.69, 9.17) is 4.74 Å². The third-order valence-corrected chi connectivity index (χ3v) is 3.72. The Kier molecular flexibility index (Phi) is 6.13. The number of aryl methyl sites for hydroxylation is 1. The van der Waals surface area contributed by atoms with E-state index >= 15 is 0 Å². The molecule has 1 N–H and O–H groups in total. The number of ether oxygens (including phenoxy) is 1. The molecule has 2 aromatic rings. The van der Waals surface area contributed by atoms with E-state index in [0.717, 1.165) is 16.7 Å². The third-order valence-electron chi connectivity index (χ3n) is 3.72. The van der Waals surface area contributed by atoms with Gasteiger partial charge in [-0.05, 0) is 36.1 Å². The highest BCUT2D eigenvalue weighted by molar-refractivity contribution is 5.91. The van der Waals surface area contributed by atoms with Crippen molar-refractivity contribution in [3.05, 3.63) is 70.8 Å². The van der Waals surface area contributed by atoms with Gasteiger partial charge in [-0.15, -0.1) is 0 Å². The van der Waals surface area contributed by atoms with Gasteiger partial charge in [-0.1, -0.05) is 55.8 Å². The van der Waals surface area contributed by atoms with E-state index in [1.807, 2.05) is 43.3 Å². The van der Waals surface area contributed by atoms with Gasteiger partial charge in [0.05, 0.1) is 5.56 Å². The fourth-order valence-corrected chi connectivity index (χ4v) is 2.29. The van der Waals surface area contributed by atoms with Crippen LogP contribution >= 0.6 is 0 Å². The smallest absolute Gasteiger partial charge is 0.338 e. The monoisotopic (exact) mass is 325 g/mol. The predicted octanol–water partition coefficient (Wildman–Crippen LogP) is 3.59. The van der Waals surface area contributed by atoms with Gasteiger partial charge < -0.3 is 10.1 Å². The van der Waals surface area contributed by atoms with E-state index < -0.39 is 5.97 Å². The van der Waals surface area contributed by atoms with Gasteiger partial charge >= 0.3 is 5.97 Å². The molecule has 126 valence electrons. The van der Waals surface area contributed by atoms with Crippen molar-refractivity contribution in [3.63, 3.8) is 0 Å². The van der Waals surface area contributed by atoms with Crippen molar-refractivity contribution in [2.24, 2.45) is 0 Å². The highest BCUT2D eigenvalue weighted by Gasteiger charge is 2.10. The molecule has 0 unspecified atom stereocenters. The molecule has 0 spiro atoms. The number of hydrogen-bond donors (Lipinski definition) is 1. The lowest BCUT2D eigenvalue weighted by Gasteiger charge is -2.08. The number of carbonyl (C=O) groups excluding carboxylic acids is 2.